The van der Waals surface area contributed by atoms with Gasteiger partial charge in [-0.3, -0.25) is 0 Å². The van der Waals surface area contributed by atoms with Gasteiger partial charge < -0.3 is 15.4 Å². The van der Waals surface area contributed by atoms with E-state index in [9.17, 15) is 0 Å². The molecule has 0 bridgehead atoms. The van der Waals surface area contributed by atoms with Crippen LogP contribution in [0.1, 0.15) is 18.9 Å². The number of rotatable bonds is 6. The number of hydrogen-bond acceptors (Lipinski definition) is 3. The molecule has 0 fully saturated rings. The van der Waals surface area contributed by atoms with Gasteiger partial charge in [0.2, 0.25) is 0 Å². The van der Waals surface area contributed by atoms with E-state index in [-0.39, 0.29) is 6.04 Å². The third-order valence-corrected chi connectivity index (χ3v) is 3.02. The minimum atomic E-state index is 0.240. The summed E-state index contributed by atoms with van der Waals surface area (Å²) in [4.78, 5) is 2.22. The number of nitrogens with two attached hydrogens (primary N) is 1. The molecule has 0 aliphatic rings. The molecule has 0 spiro atoms. The molecule has 17 heavy (non-hydrogen) atoms. The van der Waals surface area contributed by atoms with Gasteiger partial charge in [0.15, 0.2) is 0 Å². The molecule has 96 valence electrons. The van der Waals surface area contributed by atoms with E-state index in [2.05, 4.69) is 11.9 Å². The Morgan fingerprint density at radius 1 is 1.47 bits per heavy atom. The quantitative estimate of drug-likeness (QED) is 0.850. The van der Waals surface area contributed by atoms with Crippen molar-refractivity contribution in [2.24, 2.45) is 5.73 Å². The lowest BCUT2D eigenvalue weighted by atomic mass is 10.2. The van der Waals surface area contributed by atoms with Crippen LogP contribution in [0.5, 0.6) is 5.75 Å². The van der Waals surface area contributed by atoms with Crippen LogP contribution in [-0.2, 0) is 6.54 Å². The lowest BCUT2D eigenvalue weighted by molar-refractivity contribution is 0.313. The molecule has 0 aliphatic carbocycles. The van der Waals surface area contributed by atoms with E-state index in [1.54, 1.807) is 7.11 Å². The van der Waals surface area contributed by atoms with Crippen molar-refractivity contribution in [2.45, 2.75) is 25.9 Å². The average Bonchev–Trinajstić information content (AvgIpc) is 2.29. The van der Waals surface area contributed by atoms with Gasteiger partial charge in [-0.1, -0.05) is 17.7 Å². The van der Waals surface area contributed by atoms with Gasteiger partial charge in [0.25, 0.3) is 0 Å². The predicted molar refractivity (Wildman–Crippen MR) is 72.6 cm³/mol. The van der Waals surface area contributed by atoms with Crippen molar-refractivity contribution < 1.29 is 4.74 Å². The summed E-state index contributed by atoms with van der Waals surface area (Å²) in [6, 6.07) is 6.02. The van der Waals surface area contributed by atoms with Crippen molar-refractivity contribution in [3.8, 4) is 5.75 Å². The molecule has 0 aromatic heterocycles. The summed E-state index contributed by atoms with van der Waals surface area (Å²) in [5.74, 6) is 0.789. The van der Waals surface area contributed by atoms with Crippen molar-refractivity contribution >= 4 is 11.6 Å². The molecule has 3 nitrogen and oxygen atoms in total. The summed E-state index contributed by atoms with van der Waals surface area (Å²) in [6.07, 6.45) is 0.990. The molecule has 0 amide bonds. The van der Waals surface area contributed by atoms with Crippen molar-refractivity contribution in [3.63, 3.8) is 0 Å². The van der Waals surface area contributed by atoms with Crippen LogP contribution in [0, 0.1) is 0 Å². The van der Waals surface area contributed by atoms with Crippen molar-refractivity contribution in [2.75, 3.05) is 20.7 Å². The Hall–Kier alpha value is -0.770. The summed E-state index contributed by atoms with van der Waals surface area (Å²) in [6.45, 7) is 3.82. The third kappa shape index (κ3) is 4.94. The van der Waals surface area contributed by atoms with Gasteiger partial charge in [0.05, 0.1) is 7.11 Å². The molecule has 1 unspecified atom stereocenters. The van der Waals surface area contributed by atoms with Gasteiger partial charge in [-0.25, -0.2) is 0 Å². The van der Waals surface area contributed by atoms with Gasteiger partial charge in [-0.05, 0) is 44.6 Å². The molecule has 1 atom stereocenters. The van der Waals surface area contributed by atoms with Crippen LogP contribution in [0.15, 0.2) is 18.2 Å². The SMILES string of the molecule is COc1ccc(CN(C)CCC(C)N)c(Cl)c1. The molecule has 0 aliphatic heterocycles. The topological polar surface area (TPSA) is 38.5 Å². The molecule has 0 saturated carbocycles. The molecule has 0 heterocycles. The van der Waals surface area contributed by atoms with Gasteiger partial charge in [0, 0.05) is 17.6 Å². The highest BCUT2D eigenvalue weighted by molar-refractivity contribution is 6.31. The van der Waals surface area contributed by atoms with Gasteiger partial charge in [-0.2, -0.15) is 0 Å². The van der Waals surface area contributed by atoms with E-state index < -0.39 is 0 Å². The largest absolute Gasteiger partial charge is 0.497 e. The summed E-state index contributed by atoms with van der Waals surface area (Å²) >= 11 is 6.18. The summed E-state index contributed by atoms with van der Waals surface area (Å²) < 4.78 is 5.12. The Balaban J connectivity index is 2.56. The van der Waals surface area contributed by atoms with E-state index in [0.29, 0.717) is 0 Å². The zero-order valence-corrected chi connectivity index (χ0v) is 11.5. The molecule has 1 rings (SSSR count). The third-order valence-electron chi connectivity index (χ3n) is 2.67. The maximum atomic E-state index is 6.18. The van der Waals surface area contributed by atoms with Crippen LogP contribution in [0.4, 0.5) is 0 Å². The predicted octanol–water partition coefficient (Wildman–Crippen LogP) is 2.52. The highest BCUT2D eigenvalue weighted by atomic mass is 35.5. The van der Waals surface area contributed by atoms with Crippen LogP contribution in [0.3, 0.4) is 0 Å². The number of nitrogens with zero attached hydrogens (tertiary/aromatic N) is 1. The van der Waals surface area contributed by atoms with E-state index in [1.165, 1.54) is 0 Å². The molecular weight excluding hydrogens is 236 g/mol. The van der Waals surface area contributed by atoms with Crippen LogP contribution in [-0.4, -0.2) is 31.6 Å². The highest BCUT2D eigenvalue weighted by Gasteiger charge is 2.06. The van der Waals surface area contributed by atoms with Crippen molar-refractivity contribution in [1.82, 2.24) is 4.90 Å². The first-order valence-corrected chi connectivity index (χ1v) is 6.17. The lowest BCUT2D eigenvalue weighted by Crippen LogP contribution is -2.25. The van der Waals surface area contributed by atoms with E-state index in [4.69, 9.17) is 22.1 Å². The Bertz CT molecular complexity index is 355. The lowest BCUT2D eigenvalue weighted by Gasteiger charge is -2.18. The zero-order chi connectivity index (χ0) is 12.8. The first-order valence-electron chi connectivity index (χ1n) is 5.79. The highest BCUT2D eigenvalue weighted by Crippen LogP contribution is 2.23. The second-order valence-electron chi connectivity index (χ2n) is 4.46. The minimum Gasteiger partial charge on any atom is -0.497 e. The fourth-order valence-corrected chi connectivity index (χ4v) is 1.81. The van der Waals surface area contributed by atoms with Gasteiger partial charge >= 0.3 is 0 Å². The van der Waals surface area contributed by atoms with E-state index >= 15 is 0 Å². The maximum Gasteiger partial charge on any atom is 0.120 e. The standard InChI is InChI=1S/C13H21ClN2O/c1-10(15)6-7-16(2)9-11-4-5-12(17-3)8-13(11)14/h4-5,8,10H,6-7,9,15H2,1-3H3. The normalized spacial score (nSPS) is 12.8. The number of hydrogen-bond donors (Lipinski definition) is 1. The summed E-state index contributed by atoms with van der Waals surface area (Å²) in [7, 11) is 3.71. The Labute approximate surface area is 109 Å². The number of ether oxygens (including phenoxy) is 1. The Morgan fingerprint density at radius 2 is 2.18 bits per heavy atom. The van der Waals surface area contributed by atoms with Crippen molar-refractivity contribution in [1.29, 1.82) is 0 Å². The van der Waals surface area contributed by atoms with E-state index in [0.717, 1.165) is 35.8 Å². The fraction of sp³-hybridized carbons (Fsp3) is 0.538. The van der Waals surface area contributed by atoms with Crippen molar-refractivity contribution in [3.05, 3.63) is 28.8 Å². The molecule has 1 aromatic rings. The first kappa shape index (κ1) is 14.3. The van der Waals surface area contributed by atoms with Crippen LogP contribution < -0.4 is 10.5 Å². The smallest absolute Gasteiger partial charge is 0.120 e. The summed E-state index contributed by atoms with van der Waals surface area (Å²) in [5.41, 5.74) is 6.84. The molecular formula is C13H21ClN2O. The summed E-state index contributed by atoms with van der Waals surface area (Å²) in [5, 5.41) is 0.747. The van der Waals surface area contributed by atoms with E-state index in [1.807, 2.05) is 25.1 Å². The molecule has 1 aromatic carbocycles. The Kier molecular flexibility index (Phi) is 5.75. The van der Waals surface area contributed by atoms with Gasteiger partial charge in [-0.15, -0.1) is 0 Å². The average molecular weight is 257 g/mol. The van der Waals surface area contributed by atoms with Crippen LogP contribution >= 0.6 is 11.6 Å². The fourth-order valence-electron chi connectivity index (χ4n) is 1.58. The Morgan fingerprint density at radius 3 is 2.71 bits per heavy atom. The molecule has 0 radical (unpaired) electrons. The molecule has 4 heteroatoms. The second kappa shape index (κ2) is 6.84. The minimum absolute atomic E-state index is 0.240. The first-order chi connectivity index (χ1) is 8.02. The van der Waals surface area contributed by atoms with Gasteiger partial charge in [0.1, 0.15) is 5.75 Å². The van der Waals surface area contributed by atoms with Crippen LogP contribution in [0.25, 0.3) is 0 Å². The van der Waals surface area contributed by atoms with Crippen LogP contribution in [0.2, 0.25) is 5.02 Å². The monoisotopic (exact) mass is 256 g/mol. The number of methoxy groups -OCH3 is 1. The maximum absolute atomic E-state index is 6.18. The number of halogens is 1. The molecule has 0 saturated heterocycles. The zero-order valence-electron chi connectivity index (χ0n) is 10.7. The second-order valence-corrected chi connectivity index (χ2v) is 4.87. The molecule has 2 N–H and O–H groups in total. The number of benzene rings is 1.